The molecule has 28 heavy (non-hydrogen) atoms. The van der Waals surface area contributed by atoms with Crippen LogP contribution in [0.4, 0.5) is 10.1 Å². The first-order valence-corrected chi connectivity index (χ1v) is 9.84. The molecule has 3 aliphatic heterocycles. The number of benzene rings is 2. The fourth-order valence-electron chi connectivity index (χ4n) is 4.65. The average Bonchev–Trinajstić information content (AvgIpc) is 3.31. The smallest absolute Gasteiger partial charge is 0.253 e. The van der Waals surface area contributed by atoms with E-state index in [1.165, 1.54) is 12.1 Å². The van der Waals surface area contributed by atoms with Gasteiger partial charge in [-0.05, 0) is 42.3 Å². The first kappa shape index (κ1) is 18.1. The molecule has 2 amide bonds. The number of hydrazine groups is 1. The summed E-state index contributed by atoms with van der Waals surface area (Å²) in [6.45, 7) is 1.50. The van der Waals surface area contributed by atoms with Gasteiger partial charge in [0.1, 0.15) is 11.9 Å². The van der Waals surface area contributed by atoms with Crippen LogP contribution in [0.1, 0.15) is 18.0 Å². The summed E-state index contributed by atoms with van der Waals surface area (Å²) in [6.07, 6.45) is 0.921. The highest BCUT2D eigenvalue weighted by Crippen LogP contribution is 2.49. The predicted octanol–water partition coefficient (Wildman–Crippen LogP) is 3.67. The van der Waals surface area contributed by atoms with E-state index in [-0.39, 0.29) is 28.6 Å². The molecule has 3 fully saturated rings. The van der Waals surface area contributed by atoms with Crippen LogP contribution in [-0.2, 0) is 9.59 Å². The lowest BCUT2D eigenvalue weighted by Gasteiger charge is -2.29. The molecule has 0 N–H and O–H groups in total. The molecule has 0 bridgehead atoms. The number of carbonyl (C=O) groups is 2. The Bertz CT molecular complexity index is 984. The average molecular weight is 420 g/mol. The number of rotatable bonds is 2. The Morgan fingerprint density at radius 2 is 1.57 bits per heavy atom. The van der Waals surface area contributed by atoms with E-state index in [1.54, 1.807) is 12.1 Å². The minimum atomic E-state index is -0.658. The summed E-state index contributed by atoms with van der Waals surface area (Å²) in [4.78, 5) is 27.7. The number of hydrogen-bond acceptors (Lipinski definition) is 4. The number of halogens is 3. The van der Waals surface area contributed by atoms with Crippen molar-refractivity contribution in [3.63, 3.8) is 0 Å². The Morgan fingerprint density at radius 3 is 2.25 bits per heavy atom. The summed E-state index contributed by atoms with van der Waals surface area (Å²) in [5, 5.41) is 4.68. The Hall–Kier alpha value is -1.99. The van der Waals surface area contributed by atoms with Crippen LogP contribution in [0.25, 0.3) is 0 Å². The molecule has 144 valence electrons. The van der Waals surface area contributed by atoms with E-state index in [9.17, 15) is 14.0 Å². The van der Waals surface area contributed by atoms with Crippen molar-refractivity contribution < 1.29 is 14.0 Å². The predicted molar refractivity (Wildman–Crippen MR) is 103 cm³/mol. The fourth-order valence-corrected chi connectivity index (χ4v) is 4.90. The van der Waals surface area contributed by atoms with Gasteiger partial charge < -0.3 is 0 Å². The molecular formula is C20H16Cl2FN3O2. The van der Waals surface area contributed by atoms with Gasteiger partial charge in [0.05, 0.1) is 22.7 Å². The molecule has 5 rings (SSSR count). The van der Waals surface area contributed by atoms with Crippen molar-refractivity contribution in [2.24, 2.45) is 5.92 Å². The van der Waals surface area contributed by atoms with E-state index < -0.39 is 17.8 Å². The Morgan fingerprint density at radius 1 is 0.893 bits per heavy atom. The minimum Gasteiger partial charge on any atom is -0.274 e. The number of fused-ring (bicyclic) bond motifs is 3. The molecule has 0 aromatic heterocycles. The van der Waals surface area contributed by atoms with Gasteiger partial charge in [-0.15, -0.1) is 0 Å². The number of nitrogens with zero attached hydrogens (tertiary/aromatic N) is 3. The summed E-state index contributed by atoms with van der Waals surface area (Å²) in [5.41, 5.74) is 1.15. The highest BCUT2D eigenvalue weighted by Gasteiger charge is 2.62. The lowest BCUT2D eigenvalue weighted by atomic mass is 9.90. The number of imide groups is 1. The minimum absolute atomic E-state index is 0.0483. The lowest BCUT2D eigenvalue weighted by Crippen LogP contribution is -2.44. The molecule has 2 aromatic rings. The maximum absolute atomic E-state index is 14.0. The van der Waals surface area contributed by atoms with Gasteiger partial charge in [-0.2, -0.15) is 0 Å². The highest BCUT2D eigenvalue weighted by molar-refractivity contribution is 6.31. The zero-order valence-electron chi connectivity index (χ0n) is 14.7. The topological polar surface area (TPSA) is 43.9 Å². The molecule has 3 saturated heterocycles. The van der Waals surface area contributed by atoms with Gasteiger partial charge >= 0.3 is 0 Å². The van der Waals surface area contributed by atoms with Crippen LogP contribution < -0.4 is 4.90 Å². The molecule has 0 saturated carbocycles. The Labute approximate surface area is 171 Å². The van der Waals surface area contributed by atoms with E-state index in [1.807, 2.05) is 17.1 Å². The molecule has 3 aliphatic rings. The summed E-state index contributed by atoms with van der Waals surface area (Å²) < 4.78 is 14.0. The third-order valence-electron chi connectivity index (χ3n) is 5.78. The lowest BCUT2D eigenvalue weighted by molar-refractivity contribution is -0.126. The van der Waals surface area contributed by atoms with Crippen molar-refractivity contribution in [2.45, 2.75) is 18.5 Å². The van der Waals surface area contributed by atoms with E-state index >= 15 is 0 Å². The zero-order chi connectivity index (χ0) is 19.6. The third-order valence-corrected chi connectivity index (χ3v) is 6.34. The second-order valence-corrected chi connectivity index (χ2v) is 8.10. The van der Waals surface area contributed by atoms with E-state index in [0.717, 1.165) is 29.5 Å². The van der Waals surface area contributed by atoms with Crippen LogP contribution in [0.15, 0.2) is 42.5 Å². The zero-order valence-corrected chi connectivity index (χ0v) is 16.2. The van der Waals surface area contributed by atoms with Crippen molar-refractivity contribution in [1.29, 1.82) is 0 Å². The maximum Gasteiger partial charge on any atom is 0.253 e. The van der Waals surface area contributed by atoms with Gasteiger partial charge in [0.25, 0.3) is 5.91 Å². The number of hydrogen-bond donors (Lipinski definition) is 0. The largest absolute Gasteiger partial charge is 0.274 e. The van der Waals surface area contributed by atoms with Gasteiger partial charge in [0.15, 0.2) is 0 Å². The standard InChI is InChI=1S/C20H16Cl2FN3O2/c21-12-4-2-11(3-5-12)17-16-18(25-9-1-8-24(17)25)20(28)26(19(16)27)13-6-7-14(22)15(23)10-13/h2-7,10,16-18H,1,8-9H2/t16-,17+,18-/m1/s1. The van der Waals surface area contributed by atoms with Gasteiger partial charge in [-0.3, -0.25) is 9.59 Å². The number of carbonyl (C=O) groups excluding carboxylic acids is 2. The first-order valence-electron chi connectivity index (χ1n) is 9.09. The molecule has 0 radical (unpaired) electrons. The van der Waals surface area contributed by atoms with Crippen LogP contribution in [0.2, 0.25) is 10.0 Å². The van der Waals surface area contributed by atoms with Crippen molar-refractivity contribution in [3.05, 3.63) is 63.9 Å². The molecule has 0 spiro atoms. The Balaban J connectivity index is 1.58. The molecule has 3 heterocycles. The molecular weight excluding hydrogens is 404 g/mol. The van der Waals surface area contributed by atoms with E-state index in [4.69, 9.17) is 23.2 Å². The highest BCUT2D eigenvalue weighted by atomic mass is 35.5. The molecule has 8 heteroatoms. The summed E-state index contributed by atoms with van der Waals surface area (Å²) in [6, 6.07) is 10.6. The van der Waals surface area contributed by atoms with Gasteiger partial charge in [-0.25, -0.2) is 19.3 Å². The summed E-state index contributed by atoms with van der Waals surface area (Å²) in [7, 11) is 0. The first-order chi connectivity index (χ1) is 13.5. The van der Waals surface area contributed by atoms with Gasteiger partial charge in [0.2, 0.25) is 5.91 Å². The fraction of sp³-hybridized carbons (Fsp3) is 0.300. The third kappa shape index (κ3) is 2.52. The van der Waals surface area contributed by atoms with Crippen LogP contribution in [0.5, 0.6) is 0 Å². The quantitative estimate of drug-likeness (QED) is 0.696. The second-order valence-electron chi connectivity index (χ2n) is 7.26. The van der Waals surface area contributed by atoms with E-state index in [2.05, 4.69) is 5.01 Å². The number of anilines is 1. The van der Waals surface area contributed by atoms with Gasteiger partial charge in [-0.1, -0.05) is 35.3 Å². The van der Waals surface area contributed by atoms with Crippen molar-refractivity contribution in [2.75, 3.05) is 18.0 Å². The van der Waals surface area contributed by atoms with Crippen molar-refractivity contribution >= 4 is 40.7 Å². The summed E-state index contributed by atoms with van der Waals surface area (Å²) >= 11 is 11.8. The molecule has 0 unspecified atom stereocenters. The van der Waals surface area contributed by atoms with Crippen LogP contribution >= 0.6 is 23.2 Å². The Kier molecular flexibility index (Phi) is 4.21. The summed E-state index contributed by atoms with van der Waals surface area (Å²) in [5.74, 6) is -1.84. The molecule has 3 atom stereocenters. The van der Waals surface area contributed by atoms with Crippen molar-refractivity contribution in [1.82, 2.24) is 10.0 Å². The van der Waals surface area contributed by atoms with Gasteiger partial charge in [0, 0.05) is 18.1 Å². The number of amides is 2. The van der Waals surface area contributed by atoms with E-state index in [0.29, 0.717) is 11.6 Å². The molecule has 2 aromatic carbocycles. The van der Waals surface area contributed by atoms with Crippen LogP contribution in [0.3, 0.4) is 0 Å². The monoisotopic (exact) mass is 419 g/mol. The second kappa shape index (κ2) is 6.52. The van der Waals surface area contributed by atoms with Crippen LogP contribution in [-0.4, -0.2) is 41.0 Å². The van der Waals surface area contributed by atoms with Crippen LogP contribution in [0, 0.1) is 11.7 Å². The molecule has 0 aliphatic carbocycles. The normalized spacial score (nSPS) is 27.5. The maximum atomic E-state index is 14.0. The van der Waals surface area contributed by atoms with Crippen molar-refractivity contribution in [3.8, 4) is 0 Å². The molecule has 5 nitrogen and oxygen atoms in total. The SMILES string of the molecule is O=C1[C@H]2[C@H](C(=O)N1c1ccc(Cl)c(F)c1)N1CCCN1[C@H]2c1ccc(Cl)cc1.